The van der Waals surface area contributed by atoms with Crippen LogP contribution >= 0.6 is 0 Å². The quantitative estimate of drug-likeness (QED) is 0.374. The molecule has 0 fully saturated rings. The van der Waals surface area contributed by atoms with Gasteiger partial charge < -0.3 is 10.4 Å². The SMILES string of the molecule is [2H]C(=O)O.[B]C(=O)NCC. The summed E-state index contributed by atoms with van der Waals surface area (Å²) in [5.74, 6) is -0.461. The molecular formula is C4H8BNO3. The minimum absolute atomic E-state index is 0.461. The molecule has 0 bridgehead atoms. The van der Waals surface area contributed by atoms with Gasteiger partial charge in [0.15, 0.2) is 15.0 Å². The van der Waals surface area contributed by atoms with Crippen molar-refractivity contribution in [1.29, 1.82) is 0 Å². The topological polar surface area (TPSA) is 66.4 Å². The van der Waals surface area contributed by atoms with Gasteiger partial charge in [-0.05, 0) is 6.92 Å². The van der Waals surface area contributed by atoms with E-state index in [2.05, 4.69) is 13.2 Å². The van der Waals surface area contributed by atoms with E-state index in [0.29, 0.717) is 6.54 Å². The smallest absolute Gasteiger partial charge is 0.290 e. The van der Waals surface area contributed by atoms with Gasteiger partial charge in [-0.15, -0.1) is 0 Å². The van der Waals surface area contributed by atoms with Gasteiger partial charge >= 0.3 is 0 Å². The summed E-state index contributed by atoms with van der Waals surface area (Å²) in [7, 11) is 4.65. The summed E-state index contributed by atoms with van der Waals surface area (Å²) >= 11 is 0. The number of carbonyl (C=O) groups excluding carboxylic acids is 1. The second-order valence-electron chi connectivity index (χ2n) is 0.986. The molecule has 0 spiro atoms. The van der Waals surface area contributed by atoms with Gasteiger partial charge in [0.25, 0.3) is 6.45 Å². The van der Waals surface area contributed by atoms with E-state index >= 15 is 0 Å². The highest BCUT2D eigenvalue weighted by Gasteiger charge is 1.78. The molecule has 0 unspecified atom stereocenters. The Morgan fingerprint density at radius 2 is 2.44 bits per heavy atom. The molecule has 0 aromatic rings. The number of hydrogen-bond acceptors (Lipinski definition) is 2. The molecule has 2 radical (unpaired) electrons. The number of amides is 1. The van der Waals surface area contributed by atoms with Crippen LogP contribution in [0.1, 0.15) is 8.29 Å². The van der Waals surface area contributed by atoms with E-state index in [9.17, 15) is 4.79 Å². The second-order valence-corrected chi connectivity index (χ2v) is 0.986. The summed E-state index contributed by atoms with van der Waals surface area (Å²) in [5, 5.41) is 9.43. The summed E-state index contributed by atoms with van der Waals surface area (Å²) < 4.78 is 5.50. The molecule has 0 saturated carbocycles. The fraction of sp³-hybridized carbons (Fsp3) is 0.500. The first-order valence-electron chi connectivity index (χ1n) is 2.73. The van der Waals surface area contributed by atoms with E-state index in [0.717, 1.165) is 0 Å². The third-order valence-corrected chi connectivity index (χ3v) is 0.351. The van der Waals surface area contributed by atoms with Crippen molar-refractivity contribution in [3.63, 3.8) is 0 Å². The van der Waals surface area contributed by atoms with Crippen molar-refractivity contribution in [2.75, 3.05) is 6.54 Å². The molecule has 0 atom stereocenters. The molecule has 4 nitrogen and oxygen atoms in total. The standard InChI is InChI=1S/C3H6BNO.CH2O2/c1-2-5-3(4)6;2-1-3/h2H2,1H3,(H,5,6);1H,(H,2,3)/i;1D. The molecule has 0 heterocycles. The third-order valence-electron chi connectivity index (χ3n) is 0.351. The molecule has 9 heavy (non-hydrogen) atoms. The van der Waals surface area contributed by atoms with Crippen molar-refractivity contribution in [3.8, 4) is 0 Å². The van der Waals surface area contributed by atoms with Gasteiger partial charge in [-0.3, -0.25) is 9.59 Å². The Hall–Kier alpha value is -0.995. The first-order chi connectivity index (χ1) is 4.50. The average molecular weight is 130 g/mol. The maximum atomic E-state index is 9.71. The van der Waals surface area contributed by atoms with Crippen molar-refractivity contribution in [1.82, 2.24) is 5.32 Å². The maximum absolute atomic E-state index is 9.71. The summed E-state index contributed by atoms with van der Waals surface area (Å²) in [4.78, 5) is 18.4. The molecular weight excluding hydrogens is 121 g/mol. The van der Waals surface area contributed by atoms with E-state index in [4.69, 9.17) is 11.3 Å². The Morgan fingerprint density at radius 3 is 2.44 bits per heavy atom. The molecule has 50 valence electrons. The molecule has 0 aliphatic rings. The van der Waals surface area contributed by atoms with Crippen LogP contribution in [0.3, 0.4) is 0 Å². The van der Waals surface area contributed by atoms with Crippen LogP contribution in [-0.4, -0.2) is 31.8 Å². The third kappa shape index (κ3) is 43.7. The van der Waals surface area contributed by atoms with Crippen LogP contribution in [0, 0.1) is 0 Å². The summed E-state index contributed by atoms with van der Waals surface area (Å²) in [5.41, 5.74) is 0. The van der Waals surface area contributed by atoms with Crippen LogP contribution in [0.25, 0.3) is 0 Å². The lowest BCUT2D eigenvalue weighted by molar-refractivity contribution is -0.122. The number of rotatable bonds is 1. The van der Waals surface area contributed by atoms with Crippen LogP contribution in [0.2, 0.25) is 0 Å². The highest BCUT2D eigenvalue weighted by atomic mass is 16.3. The van der Waals surface area contributed by atoms with Crippen molar-refractivity contribution < 1.29 is 16.1 Å². The normalized spacial score (nSPS) is 7.89. The first kappa shape index (κ1) is 8.00. The predicted octanol–water partition coefficient (Wildman–Crippen LogP) is -0.415. The van der Waals surface area contributed by atoms with Crippen molar-refractivity contribution in [2.45, 2.75) is 6.92 Å². The predicted molar refractivity (Wildman–Crippen MR) is 33.5 cm³/mol. The van der Waals surface area contributed by atoms with Gasteiger partial charge in [0.05, 0.1) is 0 Å². The summed E-state index contributed by atoms with van der Waals surface area (Å²) in [6, 6.07) is 0. The van der Waals surface area contributed by atoms with Crippen LogP contribution in [0.15, 0.2) is 0 Å². The van der Waals surface area contributed by atoms with Crippen molar-refractivity contribution >= 4 is 20.1 Å². The molecule has 0 aliphatic heterocycles. The maximum Gasteiger partial charge on any atom is 0.290 e. The molecule has 0 aliphatic carbocycles. The van der Waals surface area contributed by atoms with E-state index < -0.39 is 12.3 Å². The largest absolute Gasteiger partial charge is 0.483 e. The van der Waals surface area contributed by atoms with Gasteiger partial charge in [0, 0.05) is 6.54 Å². The zero-order valence-corrected chi connectivity index (χ0v) is 5.05. The van der Waals surface area contributed by atoms with E-state index in [1.807, 2.05) is 6.92 Å². The minimum Gasteiger partial charge on any atom is -0.483 e. The Balaban J connectivity index is 0. The Labute approximate surface area is 56.1 Å². The lowest BCUT2D eigenvalue weighted by Gasteiger charge is -1.89. The molecule has 0 rings (SSSR count). The number of carboxylic acid groups (broad SMARTS) is 1. The fourth-order valence-corrected chi connectivity index (χ4v) is 0.174. The average Bonchev–Trinajstić information content (AvgIpc) is 1.62. The van der Waals surface area contributed by atoms with Crippen LogP contribution in [0.4, 0.5) is 4.79 Å². The highest BCUT2D eigenvalue weighted by Crippen LogP contribution is 1.53. The summed E-state index contributed by atoms with van der Waals surface area (Å²) in [6.45, 7) is 2.42. The Morgan fingerprint density at radius 1 is 2.11 bits per heavy atom. The van der Waals surface area contributed by atoms with Crippen LogP contribution in [0.5, 0.6) is 0 Å². The van der Waals surface area contributed by atoms with Crippen molar-refractivity contribution in [2.24, 2.45) is 0 Å². The number of nitrogens with one attached hydrogen (secondary N) is 1. The zero-order valence-electron chi connectivity index (χ0n) is 6.05. The molecule has 0 aromatic heterocycles. The summed E-state index contributed by atoms with van der Waals surface area (Å²) in [6.07, 6.45) is -1.58. The fourth-order valence-electron chi connectivity index (χ4n) is 0.174. The van der Waals surface area contributed by atoms with E-state index in [-0.39, 0.29) is 0 Å². The van der Waals surface area contributed by atoms with E-state index in [1.165, 1.54) is 0 Å². The highest BCUT2D eigenvalue weighted by molar-refractivity contribution is 6.57. The molecule has 0 saturated heterocycles. The Bertz CT molecular complexity index is 115. The first-order valence-corrected chi connectivity index (χ1v) is 2.23. The van der Waals surface area contributed by atoms with Gasteiger partial charge in [-0.2, -0.15) is 0 Å². The van der Waals surface area contributed by atoms with Crippen molar-refractivity contribution in [3.05, 3.63) is 0 Å². The van der Waals surface area contributed by atoms with Crippen LogP contribution < -0.4 is 5.32 Å². The monoisotopic (exact) mass is 130 g/mol. The molecule has 2 N–H and O–H groups in total. The second kappa shape index (κ2) is 10.1. The number of hydrogen-bond donors (Lipinski definition) is 2. The zero-order chi connectivity index (χ0) is 8.57. The van der Waals surface area contributed by atoms with E-state index in [1.54, 1.807) is 0 Å². The van der Waals surface area contributed by atoms with Gasteiger partial charge in [-0.25, -0.2) is 0 Å². The van der Waals surface area contributed by atoms with Gasteiger partial charge in [-0.1, -0.05) is 0 Å². The van der Waals surface area contributed by atoms with Gasteiger partial charge in [0.1, 0.15) is 0 Å². The molecule has 5 heteroatoms. The number of carbonyl (C=O) groups is 2. The molecule has 0 aromatic carbocycles. The lowest BCUT2D eigenvalue weighted by Crippen LogP contribution is -2.20. The molecule has 1 amide bonds. The Kier molecular flexibility index (Phi) is 8.97. The lowest BCUT2D eigenvalue weighted by atomic mass is 10.1. The van der Waals surface area contributed by atoms with Crippen LogP contribution in [-0.2, 0) is 4.79 Å². The van der Waals surface area contributed by atoms with Gasteiger partial charge in [0.2, 0.25) is 0 Å². The minimum atomic E-state index is -1.58.